The van der Waals surface area contributed by atoms with Crippen molar-refractivity contribution in [3.63, 3.8) is 0 Å². The largest absolute Gasteiger partial charge is 0.347 e. The second-order valence-electron chi connectivity index (χ2n) is 7.74. The zero-order valence-electron chi connectivity index (χ0n) is 19.0. The van der Waals surface area contributed by atoms with E-state index in [-0.39, 0.29) is 18.9 Å². The Morgan fingerprint density at radius 2 is 1.53 bits per heavy atom. The number of hydrogen-bond acceptors (Lipinski definition) is 8. The first kappa shape index (κ1) is 27.6. The predicted octanol–water partition coefficient (Wildman–Crippen LogP) is 0.0341. The number of carbonyl (C=O) groups excluding carboxylic acids is 4. The maximum Gasteiger partial charge on any atom is 0.239 e. The van der Waals surface area contributed by atoms with E-state index in [1.54, 1.807) is 0 Å². The van der Waals surface area contributed by atoms with Crippen molar-refractivity contribution >= 4 is 23.3 Å². The number of rotatable bonds is 19. The van der Waals surface area contributed by atoms with Crippen molar-refractivity contribution in [2.24, 2.45) is 5.84 Å². The minimum absolute atomic E-state index is 0.0200. The molecule has 1 atom stereocenters. The maximum atomic E-state index is 12.2. The Hall–Kier alpha value is -2.46. The van der Waals surface area contributed by atoms with E-state index in [0.717, 1.165) is 44.2 Å². The standard InChI is InChI=1S/C23H37N5O4/c1-25-13-9-4-2-3-8-12-19(29)15-26-16-21(30)22(31)17-27-23(32)20(28-24)14-18-10-6-5-7-11-18/h5-7,10-11,20,25-26,28H,2-4,8-9,12-17,24H2,1H3,(H,27,32)/t20-/m0/s1. The smallest absolute Gasteiger partial charge is 0.239 e. The van der Waals surface area contributed by atoms with Gasteiger partial charge in [0.05, 0.1) is 19.6 Å². The molecule has 0 aliphatic heterocycles. The average Bonchev–Trinajstić information content (AvgIpc) is 2.80. The molecule has 9 heteroatoms. The van der Waals surface area contributed by atoms with E-state index < -0.39 is 30.1 Å². The van der Waals surface area contributed by atoms with Gasteiger partial charge in [0.2, 0.25) is 17.5 Å². The summed E-state index contributed by atoms with van der Waals surface area (Å²) in [6, 6.07) is 8.59. The molecule has 1 aromatic carbocycles. The summed E-state index contributed by atoms with van der Waals surface area (Å²) in [7, 11) is 1.93. The van der Waals surface area contributed by atoms with Gasteiger partial charge in [0.25, 0.3) is 0 Å². The van der Waals surface area contributed by atoms with Crippen molar-refractivity contribution in [1.29, 1.82) is 0 Å². The minimum atomic E-state index is -0.727. The minimum Gasteiger partial charge on any atom is -0.347 e. The van der Waals surface area contributed by atoms with Crippen molar-refractivity contribution in [2.45, 2.75) is 51.0 Å². The van der Waals surface area contributed by atoms with Gasteiger partial charge in [0, 0.05) is 6.42 Å². The number of hydrazine groups is 1. The van der Waals surface area contributed by atoms with E-state index in [1.807, 2.05) is 37.4 Å². The molecule has 178 valence electrons. The number of ketones is 3. The molecule has 1 aromatic rings. The molecule has 0 saturated heterocycles. The molecule has 0 spiro atoms. The van der Waals surface area contributed by atoms with Crippen LogP contribution in [0.2, 0.25) is 0 Å². The van der Waals surface area contributed by atoms with Crippen LogP contribution in [0.5, 0.6) is 0 Å². The summed E-state index contributed by atoms with van der Waals surface area (Å²) in [6.07, 6.45) is 6.05. The number of Topliss-reactive ketones (excluding diaryl/α,β-unsaturated/α-hetero) is 3. The number of amides is 1. The van der Waals surface area contributed by atoms with Crippen LogP contribution in [0, 0.1) is 0 Å². The first-order valence-electron chi connectivity index (χ1n) is 11.2. The Balaban J connectivity index is 2.18. The lowest BCUT2D eigenvalue weighted by atomic mass is 10.1. The quantitative estimate of drug-likeness (QED) is 0.0866. The van der Waals surface area contributed by atoms with E-state index >= 15 is 0 Å². The van der Waals surface area contributed by atoms with Gasteiger partial charge in [-0.1, -0.05) is 49.6 Å². The molecule has 0 aliphatic rings. The molecule has 1 amide bonds. The van der Waals surface area contributed by atoms with Gasteiger partial charge in [0.1, 0.15) is 11.8 Å². The maximum absolute atomic E-state index is 12.2. The van der Waals surface area contributed by atoms with Gasteiger partial charge in [-0.2, -0.15) is 0 Å². The van der Waals surface area contributed by atoms with Gasteiger partial charge < -0.3 is 16.0 Å². The van der Waals surface area contributed by atoms with Gasteiger partial charge in [-0.3, -0.25) is 25.0 Å². The molecule has 0 saturated carbocycles. The van der Waals surface area contributed by atoms with E-state index in [1.165, 1.54) is 0 Å². The molecule has 0 fully saturated rings. The Morgan fingerprint density at radius 3 is 2.22 bits per heavy atom. The Bertz CT molecular complexity index is 712. The zero-order chi connectivity index (χ0) is 23.6. The molecule has 0 aliphatic carbocycles. The number of unbranched alkanes of at least 4 members (excludes halogenated alkanes) is 4. The van der Waals surface area contributed by atoms with Gasteiger partial charge in [0.15, 0.2) is 0 Å². The summed E-state index contributed by atoms with van der Waals surface area (Å²) in [4.78, 5) is 48.0. The normalized spacial score (nSPS) is 11.7. The van der Waals surface area contributed by atoms with Crippen molar-refractivity contribution in [3.05, 3.63) is 35.9 Å². The highest BCUT2D eigenvalue weighted by molar-refractivity contribution is 6.39. The highest BCUT2D eigenvalue weighted by atomic mass is 16.2. The van der Waals surface area contributed by atoms with Crippen LogP contribution in [0.4, 0.5) is 0 Å². The highest BCUT2D eigenvalue weighted by Gasteiger charge is 2.20. The second-order valence-corrected chi connectivity index (χ2v) is 7.74. The van der Waals surface area contributed by atoms with Gasteiger partial charge in [-0.05, 0) is 38.4 Å². The fourth-order valence-corrected chi connectivity index (χ4v) is 3.12. The molecule has 0 heterocycles. The lowest BCUT2D eigenvalue weighted by Crippen LogP contribution is -2.50. The summed E-state index contributed by atoms with van der Waals surface area (Å²) >= 11 is 0. The topological polar surface area (TPSA) is 142 Å². The van der Waals surface area contributed by atoms with Crippen LogP contribution in [0.3, 0.4) is 0 Å². The first-order chi connectivity index (χ1) is 15.5. The van der Waals surface area contributed by atoms with E-state index in [4.69, 9.17) is 5.84 Å². The van der Waals surface area contributed by atoms with E-state index in [0.29, 0.717) is 12.8 Å². The van der Waals surface area contributed by atoms with Crippen LogP contribution in [-0.4, -0.2) is 62.5 Å². The molecule has 32 heavy (non-hydrogen) atoms. The molecule has 0 bridgehead atoms. The number of nitrogens with one attached hydrogen (secondary N) is 4. The van der Waals surface area contributed by atoms with Crippen molar-refractivity contribution in [2.75, 3.05) is 33.2 Å². The average molecular weight is 448 g/mol. The second kappa shape index (κ2) is 17.1. The van der Waals surface area contributed by atoms with Gasteiger partial charge in [-0.15, -0.1) is 0 Å². The molecule has 0 aromatic heterocycles. The lowest BCUT2D eigenvalue weighted by molar-refractivity contribution is -0.136. The number of nitrogens with two attached hydrogens (primary N) is 1. The molecule has 0 radical (unpaired) electrons. The third-order valence-corrected chi connectivity index (χ3v) is 5.02. The predicted molar refractivity (Wildman–Crippen MR) is 124 cm³/mol. The van der Waals surface area contributed by atoms with Crippen LogP contribution in [0.1, 0.15) is 44.1 Å². The molecule has 0 unspecified atom stereocenters. The first-order valence-corrected chi connectivity index (χ1v) is 11.2. The molecular weight excluding hydrogens is 410 g/mol. The van der Waals surface area contributed by atoms with Crippen LogP contribution in [-0.2, 0) is 25.6 Å². The van der Waals surface area contributed by atoms with Crippen molar-refractivity contribution < 1.29 is 19.2 Å². The van der Waals surface area contributed by atoms with Gasteiger partial charge >= 0.3 is 0 Å². The fraction of sp³-hybridized carbons (Fsp3) is 0.565. The molecular formula is C23H37N5O4. The summed E-state index contributed by atoms with van der Waals surface area (Å²) < 4.78 is 0. The zero-order valence-corrected chi connectivity index (χ0v) is 19.0. The van der Waals surface area contributed by atoms with Crippen LogP contribution >= 0.6 is 0 Å². The summed E-state index contributed by atoms with van der Waals surface area (Å²) in [6.45, 7) is 0.430. The van der Waals surface area contributed by atoms with E-state index in [2.05, 4.69) is 21.4 Å². The summed E-state index contributed by atoms with van der Waals surface area (Å²) in [5, 5.41) is 8.26. The Labute approximate surface area is 190 Å². The summed E-state index contributed by atoms with van der Waals surface area (Å²) in [5.74, 6) is 3.59. The summed E-state index contributed by atoms with van der Waals surface area (Å²) in [5.41, 5.74) is 3.34. The number of carbonyl (C=O) groups is 4. The van der Waals surface area contributed by atoms with Crippen molar-refractivity contribution in [3.8, 4) is 0 Å². The number of hydrogen-bond donors (Lipinski definition) is 5. The monoisotopic (exact) mass is 447 g/mol. The third-order valence-electron chi connectivity index (χ3n) is 5.02. The molecule has 9 nitrogen and oxygen atoms in total. The third kappa shape index (κ3) is 12.4. The molecule has 1 rings (SSSR count). The fourth-order valence-electron chi connectivity index (χ4n) is 3.12. The highest BCUT2D eigenvalue weighted by Crippen LogP contribution is 2.05. The van der Waals surface area contributed by atoms with Crippen molar-refractivity contribution in [1.82, 2.24) is 21.4 Å². The SMILES string of the molecule is CNCCCCCCCC(=O)CNCC(=O)C(=O)CNC(=O)[C@H](Cc1ccccc1)NN. The number of benzene rings is 1. The Kier molecular flexibility index (Phi) is 14.8. The Morgan fingerprint density at radius 1 is 0.875 bits per heavy atom. The lowest BCUT2D eigenvalue weighted by Gasteiger charge is -2.15. The van der Waals surface area contributed by atoms with Crippen LogP contribution in [0.15, 0.2) is 30.3 Å². The van der Waals surface area contributed by atoms with Gasteiger partial charge in [-0.25, -0.2) is 5.43 Å². The van der Waals surface area contributed by atoms with E-state index in [9.17, 15) is 19.2 Å². The van der Waals surface area contributed by atoms with Crippen LogP contribution in [0.25, 0.3) is 0 Å². The molecule has 6 N–H and O–H groups in total. The van der Waals surface area contributed by atoms with Crippen LogP contribution < -0.4 is 27.2 Å².